The van der Waals surface area contributed by atoms with E-state index in [-0.39, 0.29) is 11.4 Å². The Morgan fingerprint density at radius 1 is 1.27 bits per heavy atom. The summed E-state index contributed by atoms with van der Waals surface area (Å²) in [6, 6.07) is 10.0. The first-order valence-electron chi connectivity index (χ1n) is 8.23. The van der Waals surface area contributed by atoms with Crippen LogP contribution in [0.3, 0.4) is 0 Å². The molecule has 22 heavy (non-hydrogen) atoms. The summed E-state index contributed by atoms with van der Waals surface area (Å²) in [5.74, 6) is 0.616. The van der Waals surface area contributed by atoms with Crippen LogP contribution in [0.5, 0.6) is 0 Å². The fourth-order valence-corrected chi connectivity index (χ4v) is 4.06. The Hall–Kier alpha value is -1.77. The lowest BCUT2D eigenvalue weighted by Crippen LogP contribution is -2.49. The molecule has 1 fully saturated rings. The Kier molecular flexibility index (Phi) is 3.98. The molecule has 0 unspecified atom stereocenters. The Bertz CT molecular complexity index is 578. The van der Waals surface area contributed by atoms with Crippen molar-refractivity contribution < 1.29 is 14.3 Å². The quantitative estimate of drug-likeness (QED) is 0.759. The van der Waals surface area contributed by atoms with Gasteiger partial charge in [-0.05, 0) is 31.8 Å². The van der Waals surface area contributed by atoms with E-state index >= 15 is 0 Å². The minimum atomic E-state index is -0.817. The molecule has 1 saturated carbocycles. The SMILES string of the molecule is CCCC[C@]12C=C(c3ccccc3)O[C@@]1(C(=O)OC)CCC2. The van der Waals surface area contributed by atoms with Gasteiger partial charge in [0, 0.05) is 11.0 Å². The van der Waals surface area contributed by atoms with Crippen molar-refractivity contribution in [3.05, 3.63) is 42.0 Å². The molecule has 118 valence electrons. The molecule has 1 heterocycles. The maximum absolute atomic E-state index is 12.6. The zero-order valence-electron chi connectivity index (χ0n) is 13.4. The van der Waals surface area contributed by atoms with E-state index in [9.17, 15) is 4.79 Å². The van der Waals surface area contributed by atoms with Crippen molar-refractivity contribution in [2.24, 2.45) is 5.41 Å². The Morgan fingerprint density at radius 2 is 2.05 bits per heavy atom. The molecule has 3 rings (SSSR count). The third kappa shape index (κ3) is 2.15. The van der Waals surface area contributed by atoms with E-state index < -0.39 is 5.60 Å². The summed E-state index contributed by atoms with van der Waals surface area (Å²) in [6.07, 6.45) is 8.16. The lowest BCUT2D eigenvalue weighted by atomic mass is 9.71. The molecule has 3 nitrogen and oxygen atoms in total. The summed E-state index contributed by atoms with van der Waals surface area (Å²) in [6.45, 7) is 2.18. The van der Waals surface area contributed by atoms with Crippen molar-refractivity contribution in [1.82, 2.24) is 0 Å². The zero-order chi connectivity index (χ0) is 15.6. The molecule has 3 heteroatoms. The number of unbranched alkanes of at least 4 members (excludes halogenated alkanes) is 1. The smallest absolute Gasteiger partial charge is 0.351 e. The van der Waals surface area contributed by atoms with Gasteiger partial charge in [0.05, 0.1) is 7.11 Å². The van der Waals surface area contributed by atoms with Crippen molar-refractivity contribution >= 4 is 11.7 Å². The molecule has 1 aromatic carbocycles. The van der Waals surface area contributed by atoms with E-state index in [2.05, 4.69) is 13.0 Å². The van der Waals surface area contributed by atoms with Gasteiger partial charge in [-0.15, -0.1) is 0 Å². The van der Waals surface area contributed by atoms with Crippen molar-refractivity contribution in [2.45, 2.75) is 51.0 Å². The van der Waals surface area contributed by atoms with Gasteiger partial charge in [-0.3, -0.25) is 0 Å². The molecule has 0 spiro atoms. The second-order valence-corrected chi connectivity index (χ2v) is 6.41. The molecule has 0 amide bonds. The van der Waals surface area contributed by atoms with Gasteiger partial charge in [0.25, 0.3) is 0 Å². The average Bonchev–Trinajstić information content (AvgIpc) is 3.06. The number of ether oxygens (including phenoxy) is 2. The van der Waals surface area contributed by atoms with Gasteiger partial charge in [-0.25, -0.2) is 4.79 Å². The van der Waals surface area contributed by atoms with E-state index in [1.807, 2.05) is 30.3 Å². The highest BCUT2D eigenvalue weighted by Gasteiger charge is 2.64. The molecule has 0 bridgehead atoms. The van der Waals surface area contributed by atoms with E-state index in [1.54, 1.807) is 0 Å². The predicted octanol–water partition coefficient (Wildman–Crippen LogP) is 4.33. The fraction of sp³-hybridized carbons (Fsp3) is 0.526. The first-order valence-corrected chi connectivity index (χ1v) is 8.23. The van der Waals surface area contributed by atoms with Gasteiger partial charge in [-0.2, -0.15) is 0 Å². The Morgan fingerprint density at radius 3 is 2.73 bits per heavy atom. The number of hydrogen-bond acceptors (Lipinski definition) is 3. The third-order valence-electron chi connectivity index (χ3n) is 5.20. The van der Waals surface area contributed by atoms with Crippen LogP contribution >= 0.6 is 0 Å². The molecule has 1 aliphatic carbocycles. The number of fused-ring (bicyclic) bond motifs is 1. The number of hydrogen-bond donors (Lipinski definition) is 0. The summed E-state index contributed by atoms with van der Waals surface area (Å²) >= 11 is 0. The highest BCUT2D eigenvalue weighted by molar-refractivity contribution is 5.86. The standard InChI is InChI=1S/C19H24O3/c1-3-4-11-18-12-8-13-19(18,17(20)21-2)22-16(14-18)15-9-6-5-7-10-15/h5-7,9-10,14H,3-4,8,11-13H2,1-2H3/t18-,19+/m0/s1. The maximum Gasteiger partial charge on any atom is 0.351 e. The van der Waals surface area contributed by atoms with Crippen LogP contribution in [0, 0.1) is 5.41 Å². The second-order valence-electron chi connectivity index (χ2n) is 6.41. The van der Waals surface area contributed by atoms with Crippen LogP contribution in [-0.4, -0.2) is 18.7 Å². The lowest BCUT2D eigenvalue weighted by Gasteiger charge is -2.36. The number of esters is 1. The molecule has 0 radical (unpaired) electrons. The number of methoxy groups -OCH3 is 1. The van der Waals surface area contributed by atoms with Gasteiger partial charge in [0.15, 0.2) is 0 Å². The van der Waals surface area contributed by atoms with Crippen LogP contribution in [-0.2, 0) is 14.3 Å². The van der Waals surface area contributed by atoms with Crippen molar-refractivity contribution in [2.75, 3.05) is 7.11 Å². The first kappa shape index (κ1) is 15.1. The normalized spacial score (nSPS) is 29.6. The number of rotatable bonds is 5. The molecule has 1 aromatic rings. The summed E-state index contributed by atoms with van der Waals surface area (Å²) < 4.78 is 11.4. The fourth-order valence-electron chi connectivity index (χ4n) is 4.06. The molecule has 0 N–H and O–H groups in total. The van der Waals surface area contributed by atoms with Crippen LogP contribution in [0.2, 0.25) is 0 Å². The van der Waals surface area contributed by atoms with Crippen LogP contribution in [0.25, 0.3) is 5.76 Å². The second kappa shape index (κ2) is 5.79. The van der Waals surface area contributed by atoms with Gasteiger partial charge < -0.3 is 9.47 Å². The largest absolute Gasteiger partial charge is 0.474 e. The summed E-state index contributed by atoms with van der Waals surface area (Å²) in [4.78, 5) is 12.6. The van der Waals surface area contributed by atoms with Crippen LogP contribution < -0.4 is 0 Å². The van der Waals surface area contributed by atoms with Gasteiger partial charge in [0.2, 0.25) is 5.60 Å². The lowest BCUT2D eigenvalue weighted by molar-refractivity contribution is -0.167. The number of benzene rings is 1. The van der Waals surface area contributed by atoms with Crippen molar-refractivity contribution in [3.8, 4) is 0 Å². The van der Waals surface area contributed by atoms with Gasteiger partial charge in [-0.1, -0.05) is 50.1 Å². The molecule has 1 aliphatic heterocycles. The summed E-state index contributed by atoms with van der Waals surface area (Å²) in [7, 11) is 1.46. The first-order chi connectivity index (χ1) is 10.7. The van der Waals surface area contributed by atoms with Crippen LogP contribution in [0.15, 0.2) is 36.4 Å². The van der Waals surface area contributed by atoms with Crippen LogP contribution in [0.4, 0.5) is 0 Å². The number of carbonyl (C=O) groups excluding carboxylic acids is 1. The average molecular weight is 300 g/mol. The maximum atomic E-state index is 12.6. The van der Waals surface area contributed by atoms with Crippen LogP contribution in [0.1, 0.15) is 51.0 Å². The number of carbonyl (C=O) groups is 1. The highest BCUT2D eigenvalue weighted by atomic mass is 16.6. The van der Waals surface area contributed by atoms with E-state index in [0.29, 0.717) is 0 Å². The minimum absolute atomic E-state index is 0.207. The molecule has 2 aliphatic rings. The predicted molar refractivity (Wildman–Crippen MR) is 86.1 cm³/mol. The highest BCUT2D eigenvalue weighted by Crippen LogP contribution is 2.60. The molecule has 0 saturated heterocycles. The topological polar surface area (TPSA) is 35.5 Å². The summed E-state index contributed by atoms with van der Waals surface area (Å²) in [5, 5.41) is 0. The van der Waals surface area contributed by atoms with Gasteiger partial charge >= 0.3 is 5.97 Å². The molecule has 2 atom stereocenters. The zero-order valence-corrected chi connectivity index (χ0v) is 13.4. The van der Waals surface area contributed by atoms with Gasteiger partial charge in [0.1, 0.15) is 5.76 Å². The minimum Gasteiger partial charge on any atom is -0.474 e. The third-order valence-corrected chi connectivity index (χ3v) is 5.20. The van der Waals surface area contributed by atoms with E-state index in [4.69, 9.17) is 9.47 Å². The molecular formula is C19H24O3. The molecular weight excluding hydrogens is 276 g/mol. The molecule has 0 aromatic heterocycles. The Balaban J connectivity index is 2.02. The Labute approximate surface area is 132 Å². The summed E-state index contributed by atoms with van der Waals surface area (Å²) in [5.41, 5.74) is 0.0136. The van der Waals surface area contributed by atoms with Crippen molar-refractivity contribution in [3.63, 3.8) is 0 Å². The van der Waals surface area contributed by atoms with Crippen molar-refractivity contribution in [1.29, 1.82) is 0 Å². The van der Waals surface area contributed by atoms with E-state index in [1.165, 1.54) is 7.11 Å². The monoisotopic (exact) mass is 300 g/mol. The van der Waals surface area contributed by atoms with E-state index in [0.717, 1.165) is 49.8 Å².